The maximum Gasteiger partial charge on any atom is 0.317 e. The summed E-state index contributed by atoms with van der Waals surface area (Å²) >= 11 is 0. The van der Waals surface area contributed by atoms with Crippen molar-refractivity contribution in [1.82, 2.24) is 20.2 Å². The second-order valence-corrected chi connectivity index (χ2v) is 5.67. The van der Waals surface area contributed by atoms with Crippen LogP contribution in [-0.2, 0) is 6.54 Å². The van der Waals surface area contributed by atoms with Crippen LogP contribution in [0.4, 0.5) is 10.7 Å². The van der Waals surface area contributed by atoms with E-state index in [0.717, 1.165) is 5.56 Å². The minimum Gasteiger partial charge on any atom is -0.493 e. The maximum atomic E-state index is 12.2. The van der Waals surface area contributed by atoms with Gasteiger partial charge >= 0.3 is 6.03 Å². The fourth-order valence-electron chi connectivity index (χ4n) is 2.57. The summed E-state index contributed by atoms with van der Waals surface area (Å²) in [5.41, 5.74) is 0.943. The number of amides is 2. The number of aromatic nitrogens is 2. The molecule has 2 aromatic rings. The van der Waals surface area contributed by atoms with Crippen molar-refractivity contribution in [3.63, 3.8) is 0 Å². The van der Waals surface area contributed by atoms with Gasteiger partial charge in [0.15, 0.2) is 11.5 Å². The topological polar surface area (TPSA) is 88.6 Å². The van der Waals surface area contributed by atoms with Crippen molar-refractivity contribution >= 4 is 12.0 Å². The molecule has 0 atom stereocenters. The number of carbonyl (C=O) groups is 1. The van der Waals surface area contributed by atoms with E-state index in [1.165, 1.54) is 0 Å². The molecule has 0 radical (unpaired) electrons. The van der Waals surface area contributed by atoms with Crippen molar-refractivity contribution in [3.05, 3.63) is 42.2 Å². The van der Waals surface area contributed by atoms with E-state index < -0.39 is 0 Å². The van der Waals surface area contributed by atoms with Crippen molar-refractivity contribution in [2.24, 2.45) is 0 Å². The van der Waals surface area contributed by atoms with E-state index >= 15 is 0 Å². The van der Waals surface area contributed by atoms with Crippen LogP contribution in [0.3, 0.4) is 0 Å². The van der Waals surface area contributed by atoms with Gasteiger partial charge in [0.25, 0.3) is 0 Å². The first-order valence-corrected chi connectivity index (χ1v) is 7.97. The quantitative estimate of drug-likeness (QED) is 0.826. The Kier molecular flexibility index (Phi) is 5.17. The molecule has 0 saturated carbocycles. The van der Waals surface area contributed by atoms with E-state index in [0.29, 0.717) is 37.1 Å². The van der Waals surface area contributed by atoms with Crippen LogP contribution in [0.2, 0.25) is 0 Å². The van der Waals surface area contributed by atoms with Crippen molar-refractivity contribution in [2.75, 3.05) is 32.6 Å². The molecule has 1 aromatic carbocycles. The third kappa shape index (κ3) is 4.09. The molecule has 1 aliphatic rings. The van der Waals surface area contributed by atoms with Crippen molar-refractivity contribution in [2.45, 2.75) is 12.6 Å². The summed E-state index contributed by atoms with van der Waals surface area (Å²) < 4.78 is 10.5. The number of nitrogens with one attached hydrogen (secondary N) is 2. The molecule has 8 nitrogen and oxygen atoms in total. The van der Waals surface area contributed by atoms with Crippen LogP contribution in [0.5, 0.6) is 11.5 Å². The van der Waals surface area contributed by atoms with E-state index in [1.54, 1.807) is 37.6 Å². The lowest BCUT2D eigenvalue weighted by atomic mass is 10.1. The Bertz CT molecular complexity index is 719. The highest BCUT2D eigenvalue weighted by molar-refractivity contribution is 5.75. The smallest absolute Gasteiger partial charge is 0.317 e. The van der Waals surface area contributed by atoms with Crippen LogP contribution in [0, 0.1) is 0 Å². The van der Waals surface area contributed by atoms with Gasteiger partial charge in [0.2, 0.25) is 5.95 Å². The molecular formula is C17H21N5O3. The number of urea groups is 1. The fraction of sp³-hybridized carbons (Fsp3) is 0.353. The third-order valence-corrected chi connectivity index (χ3v) is 3.96. The van der Waals surface area contributed by atoms with Crippen molar-refractivity contribution < 1.29 is 14.3 Å². The standard InChI is InChI=1S/C17H21N5O3/c1-24-14-5-4-12(8-15(14)25-2)9-20-17(23)22-10-13(11-22)21-16-18-6-3-7-19-16/h3-8,13H,9-11H2,1-2H3,(H,20,23)(H,18,19,21). The second-order valence-electron chi connectivity index (χ2n) is 5.67. The highest BCUT2D eigenvalue weighted by atomic mass is 16.5. The van der Waals surface area contributed by atoms with Gasteiger partial charge < -0.3 is 25.0 Å². The Hall–Kier alpha value is -3.03. The lowest BCUT2D eigenvalue weighted by Crippen LogP contribution is -2.59. The minimum absolute atomic E-state index is 0.0955. The number of rotatable bonds is 6. The Balaban J connectivity index is 1.45. The molecule has 3 rings (SSSR count). The molecule has 1 aromatic heterocycles. The number of nitrogens with zero attached hydrogens (tertiary/aromatic N) is 3. The normalized spacial score (nSPS) is 13.8. The van der Waals surface area contributed by atoms with E-state index in [4.69, 9.17) is 9.47 Å². The molecule has 25 heavy (non-hydrogen) atoms. The lowest BCUT2D eigenvalue weighted by molar-refractivity contribution is 0.157. The number of anilines is 1. The number of methoxy groups -OCH3 is 2. The fourth-order valence-corrected chi connectivity index (χ4v) is 2.57. The predicted molar refractivity (Wildman–Crippen MR) is 92.8 cm³/mol. The Morgan fingerprint density at radius 2 is 1.92 bits per heavy atom. The van der Waals surface area contributed by atoms with Gasteiger partial charge in [0, 0.05) is 32.0 Å². The van der Waals surface area contributed by atoms with E-state index in [-0.39, 0.29) is 12.1 Å². The molecule has 2 N–H and O–H groups in total. The van der Waals surface area contributed by atoms with Crippen molar-refractivity contribution in [1.29, 1.82) is 0 Å². The first kappa shape index (κ1) is 16.8. The molecule has 0 unspecified atom stereocenters. The van der Waals surface area contributed by atoms with E-state index in [9.17, 15) is 4.79 Å². The zero-order valence-electron chi connectivity index (χ0n) is 14.2. The zero-order valence-corrected chi connectivity index (χ0v) is 14.2. The molecule has 2 amide bonds. The van der Waals surface area contributed by atoms with Gasteiger partial charge in [-0.3, -0.25) is 0 Å². The number of ether oxygens (including phenoxy) is 2. The molecule has 132 valence electrons. The van der Waals surface area contributed by atoms with Crippen LogP contribution in [0.1, 0.15) is 5.56 Å². The molecule has 1 aliphatic heterocycles. The molecule has 0 aliphatic carbocycles. The van der Waals surface area contributed by atoms with Crippen LogP contribution in [0.25, 0.3) is 0 Å². The summed E-state index contributed by atoms with van der Waals surface area (Å²) in [7, 11) is 3.18. The van der Waals surface area contributed by atoms with Gasteiger partial charge in [-0.2, -0.15) is 0 Å². The monoisotopic (exact) mass is 343 g/mol. The zero-order chi connectivity index (χ0) is 17.6. The Morgan fingerprint density at radius 3 is 2.60 bits per heavy atom. The summed E-state index contributed by atoms with van der Waals surface area (Å²) in [4.78, 5) is 22.1. The number of hydrogen-bond donors (Lipinski definition) is 2. The molecule has 1 fully saturated rings. The average molecular weight is 343 g/mol. The molecule has 2 heterocycles. The molecular weight excluding hydrogens is 322 g/mol. The van der Waals surface area contributed by atoms with Gasteiger partial charge in [0.1, 0.15) is 0 Å². The van der Waals surface area contributed by atoms with Crippen LogP contribution in [-0.4, -0.2) is 54.2 Å². The Labute approximate surface area is 146 Å². The summed E-state index contributed by atoms with van der Waals surface area (Å²) in [6.07, 6.45) is 3.36. The van der Waals surface area contributed by atoms with Gasteiger partial charge in [0.05, 0.1) is 20.3 Å². The highest BCUT2D eigenvalue weighted by Crippen LogP contribution is 2.27. The SMILES string of the molecule is COc1ccc(CNC(=O)N2CC(Nc3ncccn3)C2)cc1OC. The summed E-state index contributed by atoms with van der Waals surface area (Å²) in [6, 6.07) is 7.42. The van der Waals surface area contributed by atoms with Gasteiger partial charge in [-0.15, -0.1) is 0 Å². The van der Waals surface area contributed by atoms with Gasteiger partial charge in [-0.25, -0.2) is 14.8 Å². The van der Waals surface area contributed by atoms with E-state index in [1.807, 2.05) is 18.2 Å². The average Bonchev–Trinajstić information content (AvgIpc) is 2.62. The summed E-state index contributed by atoms with van der Waals surface area (Å²) in [6.45, 7) is 1.67. The third-order valence-electron chi connectivity index (χ3n) is 3.96. The van der Waals surface area contributed by atoms with E-state index in [2.05, 4.69) is 20.6 Å². The number of benzene rings is 1. The largest absolute Gasteiger partial charge is 0.493 e. The highest BCUT2D eigenvalue weighted by Gasteiger charge is 2.30. The number of carbonyl (C=O) groups excluding carboxylic acids is 1. The summed E-state index contributed by atoms with van der Waals surface area (Å²) in [5, 5.41) is 6.10. The molecule has 0 spiro atoms. The van der Waals surface area contributed by atoms with Crippen LogP contribution < -0.4 is 20.1 Å². The van der Waals surface area contributed by atoms with Crippen molar-refractivity contribution in [3.8, 4) is 11.5 Å². The first-order chi connectivity index (χ1) is 12.2. The van der Waals surface area contributed by atoms with Crippen LogP contribution >= 0.6 is 0 Å². The van der Waals surface area contributed by atoms with Gasteiger partial charge in [-0.05, 0) is 23.8 Å². The minimum atomic E-state index is -0.0955. The molecule has 0 bridgehead atoms. The second kappa shape index (κ2) is 7.69. The van der Waals surface area contributed by atoms with Gasteiger partial charge in [-0.1, -0.05) is 6.07 Å². The van der Waals surface area contributed by atoms with Crippen LogP contribution in [0.15, 0.2) is 36.7 Å². The Morgan fingerprint density at radius 1 is 1.20 bits per heavy atom. The lowest BCUT2D eigenvalue weighted by Gasteiger charge is -2.39. The summed E-state index contributed by atoms with van der Waals surface area (Å²) in [5.74, 6) is 1.89. The maximum absolute atomic E-state index is 12.2. The number of hydrogen-bond acceptors (Lipinski definition) is 6. The number of likely N-dealkylation sites (tertiary alicyclic amines) is 1. The molecule has 8 heteroatoms. The first-order valence-electron chi connectivity index (χ1n) is 7.97. The predicted octanol–water partition coefficient (Wildman–Crippen LogP) is 1.50. The molecule has 1 saturated heterocycles.